The fourth-order valence-electron chi connectivity index (χ4n) is 1.21. The van der Waals surface area contributed by atoms with E-state index in [0.29, 0.717) is 16.6 Å². The topological polar surface area (TPSA) is 3.24 Å². The van der Waals surface area contributed by atoms with Crippen LogP contribution < -0.4 is 0 Å². The molecule has 0 amide bonds. The molecule has 0 bridgehead atoms. The summed E-state index contributed by atoms with van der Waals surface area (Å²) >= 11 is 11.9. The number of halogens is 2. The molecule has 0 saturated carbocycles. The van der Waals surface area contributed by atoms with Crippen LogP contribution in [0.3, 0.4) is 0 Å². The van der Waals surface area contributed by atoms with Crippen LogP contribution >= 0.6 is 23.2 Å². The van der Waals surface area contributed by atoms with Crippen LogP contribution in [0.1, 0.15) is 19.4 Å². The summed E-state index contributed by atoms with van der Waals surface area (Å²) < 4.78 is 0. The largest absolute Gasteiger partial charge is 0.286 e. The van der Waals surface area contributed by atoms with Crippen molar-refractivity contribution in [1.29, 1.82) is 0 Å². The Morgan fingerprint density at radius 2 is 2.00 bits per heavy atom. The van der Waals surface area contributed by atoms with E-state index in [1.165, 1.54) is 0 Å². The molecule has 86 valence electrons. The predicted octanol–water partition coefficient (Wildman–Crippen LogP) is 3.84. The fraction of sp³-hybridized carbons (Fsp3) is 0.385. The molecule has 1 aromatic rings. The maximum Gasteiger partial charge on any atom is 0.0766 e. The Balaban J connectivity index is 2.86. The maximum absolute atomic E-state index is 6.10. The maximum atomic E-state index is 6.10. The molecule has 0 spiro atoms. The summed E-state index contributed by atoms with van der Waals surface area (Å²) in [6.07, 6.45) is 5.48. The van der Waals surface area contributed by atoms with Gasteiger partial charge in [-0.05, 0) is 38.6 Å². The van der Waals surface area contributed by atoms with E-state index in [0.717, 1.165) is 5.56 Å². The van der Waals surface area contributed by atoms with Gasteiger partial charge in [-0.25, -0.2) is 0 Å². The highest BCUT2D eigenvalue weighted by Crippen LogP contribution is 2.24. The molecule has 0 heterocycles. The summed E-state index contributed by atoms with van der Waals surface area (Å²) in [6, 6.07) is 5.50. The fourth-order valence-corrected chi connectivity index (χ4v) is 1.68. The van der Waals surface area contributed by atoms with E-state index in [1.807, 2.05) is 33.0 Å². The number of terminal acetylenes is 1. The summed E-state index contributed by atoms with van der Waals surface area (Å²) in [7, 11) is 1.98. The van der Waals surface area contributed by atoms with Crippen molar-refractivity contribution in [2.45, 2.75) is 25.9 Å². The van der Waals surface area contributed by atoms with Crippen LogP contribution in [0, 0.1) is 12.3 Å². The summed E-state index contributed by atoms with van der Waals surface area (Å²) in [6.45, 7) is 4.70. The average molecular weight is 256 g/mol. The molecule has 1 aromatic carbocycles. The van der Waals surface area contributed by atoms with E-state index in [-0.39, 0.29) is 5.54 Å². The van der Waals surface area contributed by atoms with Gasteiger partial charge in [0.2, 0.25) is 0 Å². The first kappa shape index (κ1) is 13.4. The van der Waals surface area contributed by atoms with Crippen LogP contribution in [-0.4, -0.2) is 17.5 Å². The van der Waals surface area contributed by atoms with Gasteiger partial charge in [-0.3, -0.25) is 4.90 Å². The molecule has 0 aliphatic rings. The van der Waals surface area contributed by atoms with Gasteiger partial charge >= 0.3 is 0 Å². The lowest BCUT2D eigenvalue weighted by atomic mass is 10.0. The first-order valence-electron chi connectivity index (χ1n) is 5.00. The lowest BCUT2D eigenvalue weighted by Gasteiger charge is -2.31. The van der Waals surface area contributed by atoms with Crippen molar-refractivity contribution in [2.24, 2.45) is 0 Å². The molecular formula is C13H15Cl2N. The van der Waals surface area contributed by atoms with Gasteiger partial charge < -0.3 is 0 Å². The highest BCUT2D eigenvalue weighted by atomic mass is 35.5. The van der Waals surface area contributed by atoms with Crippen molar-refractivity contribution >= 4 is 23.2 Å². The van der Waals surface area contributed by atoms with Gasteiger partial charge in [0.15, 0.2) is 0 Å². The minimum absolute atomic E-state index is 0.289. The average Bonchev–Trinajstić information content (AvgIpc) is 2.22. The second-order valence-corrected chi connectivity index (χ2v) is 5.14. The molecule has 0 saturated heterocycles. The smallest absolute Gasteiger partial charge is 0.0766 e. The highest BCUT2D eigenvalue weighted by molar-refractivity contribution is 6.35. The Labute approximate surface area is 107 Å². The predicted molar refractivity (Wildman–Crippen MR) is 70.8 cm³/mol. The summed E-state index contributed by atoms with van der Waals surface area (Å²) in [5, 5.41) is 1.32. The lowest BCUT2D eigenvalue weighted by Crippen LogP contribution is -2.39. The van der Waals surface area contributed by atoms with E-state index >= 15 is 0 Å². The number of rotatable bonds is 3. The third kappa shape index (κ3) is 3.15. The zero-order chi connectivity index (χ0) is 12.3. The van der Waals surface area contributed by atoms with Crippen LogP contribution in [0.25, 0.3) is 0 Å². The van der Waals surface area contributed by atoms with Gasteiger partial charge in [0.25, 0.3) is 0 Å². The number of hydrogen-bond acceptors (Lipinski definition) is 1. The lowest BCUT2D eigenvalue weighted by molar-refractivity contribution is 0.205. The second kappa shape index (κ2) is 5.10. The second-order valence-electron chi connectivity index (χ2n) is 4.30. The monoisotopic (exact) mass is 255 g/mol. The van der Waals surface area contributed by atoms with E-state index in [2.05, 4.69) is 10.8 Å². The summed E-state index contributed by atoms with van der Waals surface area (Å²) in [5.74, 6) is 2.75. The Morgan fingerprint density at radius 3 is 2.50 bits per heavy atom. The van der Waals surface area contributed by atoms with Crippen LogP contribution in [0.4, 0.5) is 0 Å². The number of nitrogens with zero attached hydrogens (tertiary/aromatic N) is 1. The van der Waals surface area contributed by atoms with Gasteiger partial charge in [-0.15, -0.1) is 6.42 Å². The van der Waals surface area contributed by atoms with Crippen LogP contribution in [0.2, 0.25) is 10.0 Å². The minimum atomic E-state index is -0.289. The first-order valence-corrected chi connectivity index (χ1v) is 5.75. The standard InChI is InChI=1S/C13H15Cl2N/c1-5-13(2,3)16(4)9-10-6-7-11(14)8-12(10)15/h1,6-8H,9H2,2-4H3. The van der Waals surface area contributed by atoms with Crippen LogP contribution in [-0.2, 0) is 6.54 Å². The van der Waals surface area contributed by atoms with Crippen molar-refractivity contribution in [3.8, 4) is 12.3 Å². The van der Waals surface area contributed by atoms with E-state index < -0.39 is 0 Å². The van der Waals surface area contributed by atoms with Gasteiger partial charge in [0, 0.05) is 16.6 Å². The molecule has 0 unspecified atom stereocenters. The Bertz CT molecular complexity index is 418. The van der Waals surface area contributed by atoms with Gasteiger partial charge in [-0.1, -0.05) is 35.2 Å². The Hall–Kier alpha value is -0.680. The molecule has 0 aromatic heterocycles. The number of benzene rings is 1. The van der Waals surface area contributed by atoms with Crippen LogP contribution in [0.15, 0.2) is 18.2 Å². The molecule has 1 nitrogen and oxygen atoms in total. The minimum Gasteiger partial charge on any atom is -0.286 e. The van der Waals surface area contributed by atoms with Gasteiger partial charge in [-0.2, -0.15) is 0 Å². The third-order valence-electron chi connectivity index (χ3n) is 2.73. The quantitative estimate of drug-likeness (QED) is 0.743. The third-order valence-corrected chi connectivity index (χ3v) is 3.32. The van der Waals surface area contributed by atoms with Crippen molar-refractivity contribution in [3.63, 3.8) is 0 Å². The van der Waals surface area contributed by atoms with Crippen molar-refractivity contribution < 1.29 is 0 Å². The van der Waals surface area contributed by atoms with E-state index in [1.54, 1.807) is 6.07 Å². The molecule has 0 aliphatic heterocycles. The Morgan fingerprint density at radius 1 is 1.38 bits per heavy atom. The van der Waals surface area contributed by atoms with E-state index in [9.17, 15) is 0 Å². The molecule has 3 heteroatoms. The first-order chi connectivity index (χ1) is 7.36. The number of hydrogen-bond donors (Lipinski definition) is 0. The SMILES string of the molecule is C#CC(C)(C)N(C)Cc1ccc(Cl)cc1Cl. The van der Waals surface area contributed by atoms with Crippen molar-refractivity contribution in [2.75, 3.05) is 7.05 Å². The Kier molecular flexibility index (Phi) is 4.27. The summed E-state index contributed by atoms with van der Waals surface area (Å²) in [4.78, 5) is 2.07. The molecule has 0 N–H and O–H groups in total. The van der Waals surface area contributed by atoms with Gasteiger partial charge in [0.1, 0.15) is 0 Å². The molecule has 16 heavy (non-hydrogen) atoms. The highest BCUT2D eigenvalue weighted by Gasteiger charge is 2.20. The normalized spacial score (nSPS) is 11.6. The van der Waals surface area contributed by atoms with Crippen molar-refractivity contribution in [1.82, 2.24) is 4.90 Å². The van der Waals surface area contributed by atoms with Gasteiger partial charge in [0.05, 0.1) is 5.54 Å². The molecule has 0 aliphatic carbocycles. The van der Waals surface area contributed by atoms with Crippen LogP contribution in [0.5, 0.6) is 0 Å². The molecule has 0 radical (unpaired) electrons. The zero-order valence-electron chi connectivity index (χ0n) is 9.72. The van der Waals surface area contributed by atoms with E-state index in [4.69, 9.17) is 29.6 Å². The summed E-state index contributed by atoms with van der Waals surface area (Å²) in [5.41, 5.74) is 0.736. The molecular weight excluding hydrogens is 241 g/mol. The molecule has 0 fully saturated rings. The van der Waals surface area contributed by atoms with Crippen molar-refractivity contribution in [3.05, 3.63) is 33.8 Å². The molecule has 1 rings (SSSR count). The zero-order valence-corrected chi connectivity index (χ0v) is 11.2. The molecule has 0 atom stereocenters.